The van der Waals surface area contributed by atoms with Gasteiger partial charge >= 0.3 is 6.18 Å². The second-order valence-electron chi connectivity index (χ2n) is 8.88. The van der Waals surface area contributed by atoms with Gasteiger partial charge in [-0.3, -0.25) is 4.79 Å². The number of rotatable bonds is 5. The van der Waals surface area contributed by atoms with Crippen molar-refractivity contribution in [3.8, 4) is 5.69 Å². The first-order chi connectivity index (χ1) is 18.3. The SMILES string of the molecule is O=C(NCc1ccc2scnc2c1)C1CN(c2ncnc3nn(-c4ccc(C(F)(F)F)cc4)cc23)CCN1. The minimum atomic E-state index is -4.41. The number of benzene rings is 2. The fourth-order valence-corrected chi connectivity index (χ4v) is 5.12. The molecule has 1 amide bonds. The van der Waals surface area contributed by atoms with E-state index in [0.29, 0.717) is 48.7 Å². The first-order valence-corrected chi connectivity index (χ1v) is 12.7. The Balaban J connectivity index is 1.17. The molecule has 1 saturated heterocycles. The number of alkyl halides is 3. The van der Waals surface area contributed by atoms with E-state index in [2.05, 4.69) is 30.7 Å². The summed E-state index contributed by atoms with van der Waals surface area (Å²) in [5.74, 6) is 0.486. The number of carbonyl (C=O) groups excluding carboxylic acids is 1. The summed E-state index contributed by atoms with van der Waals surface area (Å²) in [6.07, 6.45) is -1.32. The van der Waals surface area contributed by atoms with Crippen molar-refractivity contribution in [2.45, 2.75) is 18.8 Å². The maximum atomic E-state index is 13.0. The maximum Gasteiger partial charge on any atom is 0.416 e. The van der Waals surface area contributed by atoms with E-state index in [9.17, 15) is 18.0 Å². The Kier molecular flexibility index (Phi) is 6.16. The maximum absolute atomic E-state index is 13.0. The van der Waals surface area contributed by atoms with Crippen LogP contribution >= 0.6 is 11.3 Å². The standard InChI is InChI=1S/C25H21F3N8OS/c26-25(27,28)16-2-4-17(5-3-16)36-11-18-22(34-36)31-13-32-23(18)35-8-7-29-20(12-35)24(37)30-10-15-1-6-21-19(9-15)33-14-38-21/h1-6,9,11,13-14,20,29H,7-8,10,12H2,(H,30,37). The van der Waals surface area contributed by atoms with Gasteiger partial charge < -0.3 is 15.5 Å². The molecule has 194 valence electrons. The highest BCUT2D eigenvalue weighted by Crippen LogP contribution is 2.30. The molecule has 0 saturated carbocycles. The first-order valence-electron chi connectivity index (χ1n) is 11.8. The van der Waals surface area contributed by atoms with Crippen LogP contribution in [0.1, 0.15) is 11.1 Å². The van der Waals surface area contributed by atoms with Crippen molar-refractivity contribution >= 4 is 44.3 Å². The number of nitrogens with zero attached hydrogens (tertiary/aromatic N) is 6. The van der Waals surface area contributed by atoms with Crippen molar-refractivity contribution in [2.75, 3.05) is 24.5 Å². The zero-order valence-corrected chi connectivity index (χ0v) is 20.6. The summed E-state index contributed by atoms with van der Waals surface area (Å²) < 4.78 is 41.4. The fourth-order valence-electron chi connectivity index (χ4n) is 4.46. The van der Waals surface area contributed by atoms with E-state index in [-0.39, 0.29) is 5.91 Å². The van der Waals surface area contributed by atoms with Crippen LogP contribution < -0.4 is 15.5 Å². The summed E-state index contributed by atoms with van der Waals surface area (Å²) in [5.41, 5.74) is 3.82. The number of fused-ring (bicyclic) bond motifs is 2. The summed E-state index contributed by atoms with van der Waals surface area (Å²) in [6, 6.07) is 10.2. The van der Waals surface area contributed by atoms with Crippen LogP contribution in [-0.2, 0) is 17.5 Å². The molecule has 38 heavy (non-hydrogen) atoms. The summed E-state index contributed by atoms with van der Waals surface area (Å²) in [6.45, 7) is 1.96. The Bertz CT molecular complexity index is 1610. The number of hydrogen-bond acceptors (Lipinski definition) is 8. The van der Waals surface area contributed by atoms with Crippen LogP contribution in [0.3, 0.4) is 0 Å². The first kappa shape index (κ1) is 24.2. The molecule has 13 heteroatoms. The normalized spacial score (nSPS) is 16.3. The van der Waals surface area contributed by atoms with Gasteiger partial charge in [0.2, 0.25) is 5.91 Å². The molecule has 6 rings (SSSR count). The van der Waals surface area contributed by atoms with Gasteiger partial charge in [0.1, 0.15) is 18.2 Å². The van der Waals surface area contributed by atoms with Crippen molar-refractivity contribution in [1.82, 2.24) is 35.4 Å². The van der Waals surface area contributed by atoms with Crippen molar-refractivity contribution in [2.24, 2.45) is 0 Å². The van der Waals surface area contributed by atoms with E-state index in [4.69, 9.17) is 0 Å². The lowest BCUT2D eigenvalue weighted by Gasteiger charge is -2.33. The van der Waals surface area contributed by atoms with Crippen LogP contribution in [0.25, 0.3) is 26.9 Å². The Morgan fingerprint density at radius 1 is 1.13 bits per heavy atom. The van der Waals surface area contributed by atoms with Crippen molar-refractivity contribution in [1.29, 1.82) is 0 Å². The van der Waals surface area contributed by atoms with Gasteiger partial charge in [0.05, 0.1) is 32.4 Å². The lowest BCUT2D eigenvalue weighted by atomic mass is 10.1. The number of thiazole rings is 1. The van der Waals surface area contributed by atoms with Gasteiger partial charge in [-0.2, -0.15) is 13.2 Å². The van der Waals surface area contributed by atoms with Crippen molar-refractivity contribution in [3.63, 3.8) is 0 Å². The second kappa shape index (κ2) is 9.65. The summed E-state index contributed by atoms with van der Waals surface area (Å²) >= 11 is 1.57. The average Bonchev–Trinajstić information content (AvgIpc) is 3.58. The molecule has 1 unspecified atom stereocenters. The quantitative estimate of drug-likeness (QED) is 0.353. The number of nitrogens with one attached hydrogen (secondary N) is 2. The van der Waals surface area contributed by atoms with E-state index in [1.807, 2.05) is 23.1 Å². The van der Waals surface area contributed by atoms with Gasteiger partial charge in [-0.15, -0.1) is 16.4 Å². The third-order valence-corrected chi connectivity index (χ3v) is 7.22. The predicted octanol–water partition coefficient (Wildman–Crippen LogP) is 3.54. The summed E-state index contributed by atoms with van der Waals surface area (Å²) in [4.78, 5) is 28.0. The highest BCUT2D eigenvalue weighted by atomic mass is 32.1. The van der Waals surface area contributed by atoms with Crippen LogP contribution in [-0.4, -0.2) is 56.3 Å². The number of carbonyl (C=O) groups is 1. The fraction of sp³-hybridized carbons (Fsp3) is 0.240. The number of hydrogen-bond donors (Lipinski definition) is 2. The zero-order valence-electron chi connectivity index (χ0n) is 19.8. The monoisotopic (exact) mass is 538 g/mol. The number of anilines is 1. The minimum Gasteiger partial charge on any atom is -0.353 e. The van der Waals surface area contributed by atoms with Crippen LogP contribution in [0.2, 0.25) is 0 Å². The Hall–Kier alpha value is -4.10. The molecule has 0 radical (unpaired) electrons. The Labute approximate surface area is 218 Å². The number of piperazine rings is 1. The molecule has 5 aromatic rings. The molecule has 1 fully saturated rings. The van der Waals surface area contributed by atoms with Gasteiger partial charge in [0.25, 0.3) is 0 Å². The molecule has 2 N–H and O–H groups in total. The summed E-state index contributed by atoms with van der Waals surface area (Å²) in [5, 5.41) is 11.3. The molecular formula is C25H21F3N8OS. The van der Waals surface area contributed by atoms with Gasteiger partial charge in [0.15, 0.2) is 5.65 Å². The van der Waals surface area contributed by atoms with Crippen LogP contribution in [0.5, 0.6) is 0 Å². The molecule has 3 aromatic heterocycles. The average molecular weight is 539 g/mol. The third kappa shape index (κ3) is 4.77. The molecule has 9 nitrogen and oxygen atoms in total. The molecule has 4 heterocycles. The van der Waals surface area contributed by atoms with E-state index in [0.717, 1.165) is 27.9 Å². The lowest BCUT2D eigenvalue weighted by Crippen LogP contribution is -2.57. The molecule has 1 atom stereocenters. The van der Waals surface area contributed by atoms with Crippen LogP contribution in [0.15, 0.2) is 60.5 Å². The molecule has 1 aliphatic rings. The van der Waals surface area contributed by atoms with E-state index in [1.54, 1.807) is 23.0 Å². The molecule has 1 aliphatic heterocycles. The van der Waals surface area contributed by atoms with Crippen LogP contribution in [0, 0.1) is 0 Å². The Morgan fingerprint density at radius 3 is 2.79 bits per heavy atom. The van der Waals surface area contributed by atoms with Crippen molar-refractivity contribution < 1.29 is 18.0 Å². The van der Waals surface area contributed by atoms with E-state index >= 15 is 0 Å². The van der Waals surface area contributed by atoms with Gasteiger partial charge in [-0.1, -0.05) is 6.07 Å². The number of aromatic nitrogens is 5. The molecule has 2 aromatic carbocycles. The Morgan fingerprint density at radius 2 is 1.97 bits per heavy atom. The third-order valence-electron chi connectivity index (χ3n) is 6.41. The van der Waals surface area contributed by atoms with Crippen molar-refractivity contribution in [3.05, 3.63) is 71.6 Å². The highest BCUT2D eigenvalue weighted by molar-refractivity contribution is 7.16. The van der Waals surface area contributed by atoms with Gasteiger partial charge in [-0.25, -0.2) is 19.6 Å². The van der Waals surface area contributed by atoms with Gasteiger partial charge in [-0.05, 0) is 42.0 Å². The van der Waals surface area contributed by atoms with E-state index < -0.39 is 17.8 Å². The number of halogens is 3. The smallest absolute Gasteiger partial charge is 0.353 e. The molecule has 0 spiro atoms. The highest BCUT2D eigenvalue weighted by Gasteiger charge is 2.30. The molecule has 0 bridgehead atoms. The zero-order chi connectivity index (χ0) is 26.3. The topological polar surface area (TPSA) is 101 Å². The molecule has 0 aliphatic carbocycles. The number of amides is 1. The lowest BCUT2D eigenvalue weighted by molar-refractivity contribution is -0.137. The van der Waals surface area contributed by atoms with Crippen LogP contribution in [0.4, 0.5) is 19.0 Å². The second-order valence-corrected chi connectivity index (χ2v) is 9.76. The van der Waals surface area contributed by atoms with E-state index in [1.165, 1.54) is 23.1 Å². The largest absolute Gasteiger partial charge is 0.416 e. The molecular weight excluding hydrogens is 517 g/mol. The summed E-state index contributed by atoms with van der Waals surface area (Å²) in [7, 11) is 0. The predicted molar refractivity (Wildman–Crippen MR) is 137 cm³/mol. The van der Waals surface area contributed by atoms with Gasteiger partial charge in [0, 0.05) is 32.4 Å². The minimum absolute atomic E-state index is 0.126.